The molecule has 0 unspecified atom stereocenters. The van der Waals surface area contributed by atoms with Gasteiger partial charge in [0.15, 0.2) is 0 Å². The molecule has 122 valence electrons. The Labute approximate surface area is 156 Å². The van der Waals surface area contributed by atoms with Crippen LogP contribution < -0.4 is 0 Å². The van der Waals surface area contributed by atoms with E-state index in [-0.39, 0.29) is 0 Å². The summed E-state index contributed by atoms with van der Waals surface area (Å²) in [7, 11) is 0. The summed E-state index contributed by atoms with van der Waals surface area (Å²) in [5.41, 5.74) is 4.63. The van der Waals surface area contributed by atoms with Crippen molar-refractivity contribution >= 4 is 55.7 Å². The minimum atomic E-state index is 0.353. The molecule has 0 saturated carbocycles. The van der Waals surface area contributed by atoms with Crippen molar-refractivity contribution in [3.05, 3.63) is 85.1 Å². The molecule has 0 atom stereocenters. The number of pyridine rings is 1. The Kier molecular flexibility index (Phi) is 2.92. The van der Waals surface area contributed by atoms with Crippen molar-refractivity contribution in [2.75, 3.05) is 0 Å². The molecule has 0 aliphatic carbocycles. The molecule has 0 spiro atoms. The standard InChI is InChI=1S/C23H14N2Se/c1-2-7-15(8-3-1)25-17-10-5-13-20-22(17)21-16(9-4-12-19(21)26-20)23-18(25)11-6-14-24-23/h1-14H. The van der Waals surface area contributed by atoms with Crippen LogP contribution in [0.4, 0.5) is 0 Å². The Bertz CT molecular complexity index is 1420. The van der Waals surface area contributed by atoms with Gasteiger partial charge in [-0.1, -0.05) is 0 Å². The van der Waals surface area contributed by atoms with Crippen LogP contribution >= 0.6 is 0 Å². The fraction of sp³-hybridized carbons (Fsp3) is 0. The SMILES string of the molecule is c1ccc(-n2c3cccnc3c3cccc4[se]c5cccc2c5c43)cc1. The molecule has 6 rings (SSSR count). The van der Waals surface area contributed by atoms with E-state index in [0.29, 0.717) is 14.5 Å². The molecule has 6 aromatic rings. The molecule has 3 heteroatoms. The van der Waals surface area contributed by atoms with E-state index in [0.717, 1.165) is 11.0 Å². The van der Waals surface area contributed by atoms with E-state index in [1.165, 1.54) is 35.9 Å². The topological polar surface area (TPSA) is 17.8 Å². The summed E-state index contributed by atoms with van der Waals surface area (Å²) in [5.74, 6) is 0. The zero-order chi connectivity index (χ0) is 17.1. The molecule has 3 heterocycles. The van der Waals surface area contributed by atoms with Crippen LogP contribution in [0.3, 0.4) is 0 Å². The molecular formula is C23H14N2Se. The first kappa shape index (κ1) is 14.3. The van der Waals surface area contributed by atoms with Crippen molar-refractivity contribution in [2.24, 2.45) is 0 Å². The van der Waals surface area contributed by atoms with E-state index in [4.69, 9.17) is 4.98 Å². The second kappa shape index (κ2) is 5.31. The Balaban J connectivity index is 2.05. The van der Waals surface area contributed by atoms with E-state index in [2.05, 4.69) is 77.4 Å². The van der Waals surface area contributed by atoms with Gasteiger partial charge in [0.05, 0.1) is 0 Å². The van der Waals surface area contributed by atoms with Gasteiger partial charge in [0, 0.05) is 0 Å². The average molecular weight is 397 g/mol. The summed E-state index contributed by atoms with van der Waals surface area (Å²) < 4.78 is 5.29. The first-order valence-electron chi connectivity index (χ1n) is 8.66. The predicted molar refractivity (Wildman–Crippen MR) is 111 cm³/mol. The third kappa shape index (κ3) is 1.84. The minimum absolute atomic E-state index is 0.353. The molecule has 0 aliphatic heterocycles. The quantitative estimate of drug-likeness (QED) is 0.333. The van der Waals surface area contributed by atoms with Gasteiger partial charge in [-0.25, -0.2) is 0 Å². The monoisotopic (exact) mass is 398 g/mol. The number of rotatable bonds is 1. The molecule has 2 nitrogen and oxygen atoms in total. The predicted octanol–water partition coefficient (Wildman–Crippen LogP) is 5.54. The first-order valence-corrected chi connectivity index (χ1v) is 10.4. The summed E-state index contributed by atoms with van der Waals surface area (Å²) in [6, 6.07) is 28.2. The van der Waals surface area contributed by atoms with E-state index >= 15 is 0 Å². The summed E-state index contributed by atoms with van der Waals surface area (Å²) >= 11 is 0.353. The van der Waals surface area contributed by atoms with Crippen molar-refractivity contribution in [3.8, 4) is 5.69 Å². The number of hydrogen-bond donors (Lipinski definition) is 0. The van der Waals surface area contributed by atoms with Crippen LogP contribution in [-0.2, 0) is 0 Å². The van der Waals surface area contributed by atoms with Crippen molar-refractivity contribution in [1.29, 1.82) is 0 Å². The van der Waals surface area contributed by atoms with Crippen LogP contribution in [0.5, 0.6) is 0 Å². The maximum atomic E-state index is 4.81. The second-order valence-electron chi connectivity index (χ2n) is 6.47. The zero-order valence-corrected chi connectivity index (χ0v) is 15.6. The Morgan fingerprint density at radius 1 is 0.654 bits per heavy atom. The van der Waals surface area contributed by atoms with Crippen LogP contribution in [0.1, 0.15) is 0 Å². The molecule has 0 fully saturated rings. The normalized spacial score (nSPS) is 11.8. The van der Waals surface area contributed by atoms with Gasteiger partial charge in [-0.3, -0.25) is 0 Å². The van der Waals surface area contributed by atoms with Gasteiger partial charge in [-0.05, 0) is 0 Å². The van der Waals surface area contributed by atoms with Crippen molar-refractivity contribution in [1.82, 2.24) is 9.55 Å². The molecule has 0 aliphatic rings. The van der Waals surface area contributed by atoms with Gasteiger partial charge >= 0.3 is 156 Å². The number of benzene rings is 3. The van der Waals surface area contributed by atoms with Crippen LogP contribution in [0.15, 0.2) is 85.1 Å². The molecule has 0 saturated heterocycles. The van der Waals surface area contributed by atoms with E-state index in [9.17, 15) is 0 Å². The molecule has 0 N–H and O–H groups in total. The Hall–Kier alpha value is -2.87. The van der Waals surface area contributed by atoms with Crippen LogP contribution in [0, 0.1) is 0 Å². The second-order valence-corrected chi connectivity index (χ2v) is 8.75. The van der Waals surface area contributed by atoms with Crippen molar-refractivity contribution < 1.29 is 0 Å². The van der Waals surface area contributed by atoms with Crippen molar-refractivity contribution in [3.63, 3.8) is 0 Å². The van der Waals surface area contributed by atoms with Crippen LogP contribution in [0.2, 0.25) is 0 Å². The van der Waals surface area contributed by atoms with E-state index in [1.807, 2.05) is 12.3 Å². The molecule has 26 heavy (non-hydrogen) atoms. The summed E-state index contributed by atoms with van der Waals surface area (Å²) in [5, 5.41) is 4.03. The van der Waals surface area contributed by atoms with Gasteiger partial charge in [0.1, 0.15) is 0 Å². The van der Waals surface area contributed by atoms with Gasteiger partial charge in [0.2, 0.25) is 0 Å². The van der Waals surface area contributed by atoms with Crippen LogP contribution in [0.25, 0.3) is 46.9 Å². The fourth-order valence-corrected chi connectivity index (χ4v) is 6.42. The molecule has 0 amide bonds. The molecule has 3 aromatic carbocycles. The number of nitrogens with zero attached hydrogens (tertiary/aromatic N) is 2. The number of fused-ring (bicyclic) bond motifs is 2. The van der Waals surface area contributed by atoms with E-state index < -0.39 is 0 Å². The van der Waals surface area contributed by atoms with Gasteiger partial charge < -0.3 is 0 Å². The summed E-state index contributed by atoms with van der Waals surface area (Å²) in [4.78, 5) is 4.81. The number of aromatic nitrogens is 2. The zero-order valence-electron chi connectivity index (χ0n) is 13.9. The summed E-state index contributed by atoms with van der Waals surface area (Å²) in [6.07, 6.45) is 1.90. The number of hydrogen-bond acceptors (Lipinski definition) is 1. The Morgan fingerprint density at radius 2 is 1.42 bits per heavy atom. The van der Waals surface area contributed by atoms with Crippen LogP contribution in [-0.4, -0.2) is 24.1 Å². The molecule has 0 bridgehead atoms. The maximum absolute atomic E-state index is 4.81. The van der Waals surface area contributed by atoms with E-state index in [1.54, 1.807) is 0 Å². The van der Waals surface area contributed by atoms with Gasteiger partial charge in [-0.15, -0.1) is 0 Å². The van der Waals surface area contributed by atoms with Gasteiger partial charge in [0.25, 0.3) is 0 Å². The summed E-state index contributed by atoms with van der Waals surface area (Å²) in [6.45, 7) is 0. The van der Waals surface area contributed by atoms with Gasteiger partial charge in [-0.2, -0.15) is 0 Å². The molecule has 0 radical (unpaired) electrons. The third-order valence-electron chi connectivity index (χ3n) is 5.04. The Morgan fingerprint density at radius 3 is 2.31 bits per heavy atom. The fourth-order valence-electron chi connectivity index (χ4n) is 4.00. The first-order chi connectivity index (χ1) is 12.9. The number of para-hydroxylation sites is 1. The third-order valence-corrected chi connectivity index (χ3v) is 7.39. The molecule has 3 aromatic heterocycles. The average Bonchev–Trinajstić information content (AvgIpc) is 3.03. The molecular weight excluding hydrogens is 383 g/mol. The van der Waals surface area contributed by atoms with Crippen molar-refractivity contribution in [2.45, 2.75) is 0 Å².